The van der Waals surface area contributed by atoms with E-state index in [1.807, 2.05) is 0 Å². The van der Waals surface area contributed by atoms with E-state index in [0.717, 1.165) is 24.3 Å². The highest BCUT2D eigenvalue weighted by molar-refractivity contribution is 4.62. The van der Waals surface area contributed by atoms with Crippen molar-refractivity contribution in [1.29, 1.82) is 0 Å². The lowest BCUT2D eigenvalue weighted by molar-refractivity contribution is 0.390. The van der Waals surface area contributed by atoms with E-state index in [1.165, 1.54) is 38.5 Å². The van der Waals surface area contributed by atoms with Crippen LogP contribution in [0.4, 0.5) is 0 Å². The van der Waals surface area contributed by atoms with Gasteiger partial charge in [0.15, 0.2) is 0 Å². The second-order valence-corrected chi connectivity index (χ2v) is 5.75. The van der Waals surface area contributed by atoms with Gasteiger partial charge in [0, 0.05) is 0 Å². The molecule has 0 aliphatic heterocycles. The van der Waals surface area contributed by atoms with E-state index in [-0.39, 0.29) is 0 Å². The molecule has 0 radical (unpaired) electrons. The molecule has 0 aromatic rings. The van der Waals surface area contributed by atoms with E-state index >= 15 is 0 Å². The maximum Gasteiger partial charge on any atom is -0.00489 e. The van der Waals surface area contributed by atoms with Gasteiger partial charge in [-0.1, -0.05) is 53.4 Å². The van der Waals surface area contributed by atoms with Gasteiger partial charge >= 0.3 is 0 Å². The van der Waals surface area contributed by atoms with Crippen LogP contribution >= 0.6 is 0 Å². The van der Waals surface area contributed by atoms with E-state index in [9.17, 15) is 0 Å². The van der Waals surface area contributed by atoms with Gasteiger partial charge in [-0.3, -0.25) is 0 Å². The van der Waals surface area contributed by atoms with Gasteiger partial charge in [0.05, 0.1) is 0 Å². The summed E-state index contributed by atoms with van der Waals surface area (Å²) in [6.07, 6.45) is 8.13. The molecule has 1 nitrogen and oxygen atoms in total. The molecule has 0 aliphatic rings. The number of hydrogen-bond donors (Lipinski definition) is 1. The molecule has 0 aromatic heterocycles. The van der Waals surface area contributed by atoms with Gasteiger partial charge in [0.1, 0.15) is 0 Å². The number of hydrogen-bond acceptors (Lipinski definition) is 1. The Morgan fingerprint density at radius 1 is 0.733 bits per heavy atom. The van der Waals surface area contributed by atoms with E-state index in [2.05, 4.69) is 27.7 Å². The van der Waals surface area contributed by atoms with Crippen molar-refractivity contribution in [1.82, 2.24) is 0 Å². The van der Waals surface area contributed by atoms with Crippen LogP contribution in [-0.4, -0.2) is 6.54 Å². The second-order valence-electron chi connectivity index (χ2n) is 5.75. The fourth-order valence-corrected chi connectivity index (χ4v) is 2.01. The minimum Gasteiger partial charge on any atom is -0.330 e. The zero-order chi connectivity index (χ0) is 11.7. The largest absolute Gasteiger partial charge is 0.330 e. The number of rotatable bonds is 9. The third-order valence-corrected chi connectivity index (χ3v) is 3.12. The maximum atomic E-state index is 5.81. The SMILES string of the molecule is CC(C)CCCC(CN)CCCC(C)C. The molecule has 0 aliphatic carbocycles. The van der Waals surface area contributed by atoms with Crippen molar-refractivity contribution in [3.63, 3.8) is 0 Å². The summed E-state index contributed by atoms with van der Waals surface area (Å²) < 4.78 is 0. The molecule has 92 valence electrons. The minimum atomic E-state index is 0.780. The normalized spacial score (nSPS) is 12.0. The number of nitrogens with two attached hydrogens (primary N) is 1. The van der Waals surface area contributed by atoms with Crippen molar-refractivity contribution in [2.45, 2.75) is 66.2 Å². The predicted molar refractivity (Wildman–Crippen MR) is 69.9 cm³/mol. The lowest BCUT2D eigenvalue weighted by Crippen LogP contribution is -2.14. The fourth-order valence-electron chi connectivity index (χ4n) is 2.01. The van der Waals surface area contributed by atoms with Crippen molar-refractivity contribution < 1.29 is 0 Å². The van der Waals surface area contributed by atoms with Gasteiger partial charge in [-0.2, -0.15) is 0 Å². The van der Waals surface area contributed by atoms with Crippen LogP contribution in [0.1, 0.15) is 66.2 Å². The molecule has 1 heteroatoms. The Hall–Kier alpha value is -0.0400. The molecule has 0 atom stereocenters. The van der Waals surface area contributed by atoms with Gasteiger partial charge in [0.2, 0.25) is 0 Å². The van der Waals surface area contributed by atoms with Crippen LogP contribution in [-0.2, 0) is 0 Å². The van der Waals surface area contributed by atoms with E-state index in [0.29, 0.717) is 0 Å². The molecular weight excluding hydrogens is 182 g/mol. The van der Waals surface area contributed by atoms with Gasteiger partial charge in [-0.25, -0.2) is 0 Å². The first-order chi connectivity index (χ1) is 7.06. The highest BCUT2D eigenvalue weighted by atomic mass is 14.5. The first-order valence-corrected chi connectivity index (χ1v) is 6.76. The van der Waals surface area contributed by atoms with Crippen molar-refractivity contribution >= 4 is 0 Å². The zero-order valence-corrected chi connectivity index (χ0v) is 11.3. The summed E-state index contributed by atoms with van der Waals surface area (Å²) in [4.78, 5) is 0. The Morgan fingerprint density at radius 3 is 1.40 bits per heavy atom. The molecule has 0 rings (SSSR count). The van der Waals surface area contributed by atoms with Crippen LogP contribution in [0.5, 0.6) is 0 Å². The van der Waals surface area contributed by atoms with Gasteiger partial charge in [-0.05, 0) is 37.1 Å². The summed E-state index contributed by atoms with van der Waals surface area (Å²) >= 11 is 0. The highest BCUT2D eigenvalue weighted by Crippen LogP contribution is 2.18. The summed E-state index contributed by atoms with van der Waals surface area (Å²) in [5.74, 6) is 2.47. The first-order valence-electron chi connectivity index (χ1n) is 6.76. The molecule has 0 amide bonds. The van der Waals surface area contributed by atoms with Gasteiger partial charge < -0.3 is 5.73 Å². The Bertz CT molecular complexity index is 115. The van der Waals surface area contributed by atoms with Gasteiger partial charge in [-0.15, -0.1) is 0 Å². The summed E-state index contributed by atoms with van der Waals surface area (Å²) in [6, 6.07) is 0. The Balaban J connectivity index is 3.46. The smallest absolute Gasteiger partial charge is 0.00489 e. The monoisotopic (exact) mass is 213 g/mol. The van der Waals surface area contributed by atoms with Crippen LogP contribution in [0.3, 0.4) is 0 Å². The summed E-state index contributed by atoms with van der Waals surface area (Å²) in [6.45, 7) is 10.1. The first kappa shape index (κ1) is 15.0. The van der Waals surface area contributed by atoms with Crippen molar-refractivity contribution in [3.8, 4) is 0 Å². The molecule has 15 heavy (non-hydrogen) atoms. The van der Waals surface area contributed by atoms with Crippen LogP contribution in [0.25, 0.3) is 0 Å². The molecule has 0 bridgehead atoms. The molecule has 0 fully saturated rings. The van der Waals surface area contributed by atoms with Crippen LogP contribution in [0.2, 0.25) is 0 Å². The van der Waals surface area contributed by atoms with Crippen molar-refractivity contribution in [2.75, 3.05) is 6.54 Å². The average molecular weight is 213 g/mol. The average Bonchev–Trinajstić information content (AvgIpc) is 2.14. The molecule has 0 saturated heterocycles. The maximum absolute atomic E-state index is 5.81. The topological polar surface area (TPSA) is 26.0 Å². The Kier molecular flexibility index (Phi) is 9.18. The van der Waals surface area contributed by atoms with Crippen LogP contribution < -0.4 is 5.73 Å². The van der Waals surface area contributed by atoms with E-state index in [1.54, 1.807) is 0 Å². The lowest BCUT2D eigenvalue weighted by atomic mass is 9.92. The molecule has 0 heterocycles. The standard InChI is InChI=1S/C14H31N/c1-12(2)7-5-9-14(11-15)10-6-8-13(3)4/h12-14H,5-11,15H2,1-4H3. The Morgan fingerprint density at radius 2 is 1.13 bits per heavy atom. The zero-order valence-electron chi connectivity index (χ0n) is 11.3. The minimum absolute atomic E-state index is 0.780. The Labute approximate surface area is 96.8 Å². The molecule has 0 saturated carbocycles. The van der Waals surface area contributed by atoms with Crippen molar-refractivity contribution in [3.05, 3.63) is 0 Å². The summed E-state index contributed by atoms with van der Waals surface area (Å²) in [5, 5.41) is 0. The molecule has 0 spiro atoms. The fraction of sp³-hybridized carbons (Fsp3) is 1.00. The quantitative estimate of drug-likeness (QED) is 0.610. The van der Waals surface area contributed by atoms with Gasteiger partial charge in [0.25, 0.3) is 0 Å². The second kappa shape index (κ2) is 9.21. The highest BCUT2D eigenvalue weighted by Gasteiger charge is 2.07. The summed E-state index contributed by atoms with van der Waals surface area (Å²) in [7, 11) is 0. The molecular formula is C14H31N. The van der Waals surface area contributed by atoms with E-state index < -0.39 is 0 Å². The van der Waals surface area contributed by atoms with E-state index in [4.69, 9.17) is 5.73 Å². The molecule has 0 aromatic carbocycles. The van der Waals surface area contributed by atoms with Crippen LogP contribution in [0, 0.1) is 17.8 Å². The lowest BCUT2D eigenvalue weighted by Gasteiger charge is -2.15. The third kappa shape index (κ3) is 10.2. The predicted octanol–water partition coefficient (Wildman–Crippen LogP) is 4.21. The third-order valence-electron chi connectivity index (χ3n) is 3.12. The van der Waals surface area contributed by atoms with Crippen LogP contribution in [0.15, 0.2) is 0 Å². The van der Waals surface area contributed by atoms with Crippen molar-refractivity contribution in [2.24, 2.45) is 23.5 Å². The summed E-state index contributed by atoms with van der Waals surface area (Å²) in [5.41, 5.74) is 5.81. The molecule has 0 unspecified atom stereocenters. The molecule has 2 N–H and O–H groups in total.